The molecular weight excluding hydrogens is 224 g/mol. The van der Waals surface area contributed by atoms with Crippen LogP contribution in [0, 0.1) is 5.92 Å². The molecule has 0 saturated carbocycles. The molecule has 0 bridgehead atoms. The van der Waals surface area contributed by atoms with E-state index >= 15 is 0 Å². The summed E-state index contributed by atoms with van der Waals surface area (Å²) in [6, 6.07) is 10.7. The molecule has 0 amide bonds. The van der Waals surface area contributed by atoms with Gasteiger partial charge in [0, 0.05) is 6.54 Å². The molecule has 2 rings (SSSR count). The number of likely N-dealkylation sites (tertiary alicyclic amines) is 1. The molecule has 0 aromatic heterocycles. The van der Waals surface area contributed by atoms with Crippen LogP contribution in [-0.2, 0) is 11.2 Å². The lowest BCUT2D eigenvalue weighted by atomic mass is 9.90. The number of piperidine rings is 1. The van der Waals surface area contributed by atoms with Gasteiger partial charge in [-0.3, -0.25) is 0 Å². The first-order valence-corrected chi connectivity index (χ1v) is 6.68. The zero-order valence-electron chi connectivity index (χ0n) is 10.7. The fourth-order valence-corrected chi connectivity index (χ4v) is 2.60. The average molecular weight is 244 g/mol. The van der Waals surface area contributed by atoms with Gasteiger partial charge in [-0.15, -0.1) is 0 Å². The summed E-state index contributed by atoms with van der Waals surface area (Å²) in [5.41, 5.74) is 1.45. The number of carbonyl (C=O) groups excluding carboxylic acids is 1. The van der Waals surface area contributed by atoms with E-state index in [0.29, 0.717) is 6.54 Å². The molecular formula is C15H20N2O. The molecule has 1 fully saturated rings. The molecule has 1 saturated heterocycles. The molecule has 1 aromatic rings. The maximum absolute atomic E-state index is 9.99. The molecule has 1 heterocycles. The van der Waals surface area contributed by atoms with E-state index in [1.165, 1.54) is 24.8 Å². The van der Waals surface area contributed by atoms with Crippen molar-refractivity contribution in [3.05, 3.63) is 35.9 Å². The van der Waals surface area contributed by atoms with Crippen LogP contribution in [0.2, 0.25) is 0 Å². The highest BCUT2D eigenvalue weighted by molar-refractivity contribution is 5.32. The van der Waals surface area contributed by atoms with Crippen LogP contribution in [0.15, 0.2) is 35.3 Å². The Labute approximate surface area is 109 Å². The summed E-state index contributed by atoms with van der Waals surface area (Å²) in [7, 11) is 0. The van der Waals surface area contributed by atoms with Gasteiger partial charge in [-0.1, -0.05) is 30.3 Å². The molecule has 1 aliphatic heterocycles. The Kier molecular flexibility index (Phi) is 5.13. The summed E-state index contributed by atoms with van der Waals surface area (Å²) in [6.07, 6.45) is 5.29. The van der Waals surface area contributed by atoms with Crippen LogP contribution in [-0.4, -0.2) is 37.2 Å². The quantitative estimate of drug-likeness (QED) is 0.588. The van der Waals surface area contributed by atoms with Gasteiger partial charge in [0.1, 0.15) is 0 Å². The van der Waals surface area contributed by atoms with Crippen LogP contribution < -0.4 is 0 Å². The van der Waals surface area contributed by atoms with E-state index in [9.17, 15) is 4.79 Å². The van der Waals surface area contributed by atoms with Gasteiger partial charge in [-0.2, -0.15) is 0 Å². The molecule has 96 valence electrons. The van der Waals surface area contributed by atoms with Gasteiger partial charge in [0.2, 0.25) is 6.08 Å². The number of aliphatic imine (C=N–C) groups is 1. The number of benzene rings is 1. The minimum Gasteiger partial charge on any atom is -0.301 e. The van der Waals surface area contributed by atoms with Gasteiger partial charge < -0.3 is 4.90 Å². The lowest BCUT2D eigenvalue weighted by Crippen LogP contribution is -2.35. The van der Waals surface area contributed by atoms with Gasteiger partial charge in [0.15, 0.2) is 0 Å². The minimum atomic E-state index is 0.590. The number of nitrogens with zero attached hydrogens (tertiary/aromatic N) is 2. The second-order valence-electron chi connectivity index (χ2n) is 4.95. The Bertz CT molecular complexity index is 390. The van der Waals surface area contributed by atoms with Crippen LogP contribution in [0.4, 0.5) is 0 Å². The van der Waals surface area contributed by atoms with E-state index in [1.807, 2.05) is 0 Å². The summed E-state index contributed by atoms with van der Waals surface area (Å²) < 4.78 is 0. The highest BCUT2D eigenvalue weighted by Crippen LogP contribution is 2.21. The summed E-state index contributed by atoms with van der Waals surface area (Å²) >= 11 is 0. The van der Waals surface area contributed by atoms with E-state index in [2.05, 4.69) is 40.2 Å². The normalized spacial score (nSPS) is 17.3. The molecule has 1 aromatic carbocycles. The Hall–Kier alpha value is -1.44. The maximum atomic E-state index is 9.99. The predicted octanol–water partition coefficient (Wildman–Crippen LogP) is 2.28. The largest absolute Gasteiger partial charge is 0.301 e. The smallest absolute Gasteiger partial charge is 0.234 e. The van der Waals surface area contributed by atoms with Crippen molar-refractivity contribution in [3.63, 3.8) is 0 Å². The maximum Gasteiger partial charge on any atom is 0.234 e. The first-order valence-electron chi connectivity index (χ1n) is 6.68. The Morgan fingerprint density at radius 2 is 1.94 bits per heavy atom. The third kappa shape index (κ3) is 4.10. The first kappa shape index (κ1) is 13.0. The molecule has 3 heteroatoms. The second-order valence-corrected chi connectivity index (χ2v) is 4.95. The third-order valence-electron chi connectivity index (χ3n) is 3.67. The number of rotatable bonds is 5. The Balaban J connectivity index is 1.72. The number of isocyanates is 1. The molecule has 0 aliphatic carbocycles. The van der Waals surface area contributed by atoms with Crippen LogP contribution in [0.5, 0.6) is 0 Å². The van der Waals surface area contributed by atoms with Crippen LogP contribution in [0.25, 0.3) is 0 Å². The van der Waals surface area contributed by atoms with Crippen molar-refractivity contribution < 1.29 is 4.79 Å². The Morgan fingerprint density at radius 1 is 1.22 bits per heavy atom. The van der Waals surface area contributed by atoms with Crippen molar-refractivity contribution >= 4 is 6.08 Å². The summed E-state index contributed by atoms with van der Waals surface area (Å²) in [6.45, 7) is 3.75. The van der Waals surface area contributed by atoms with Gasteiger partial charge in [0.05, 0.1) is 6.54 Å². The minimum absolute atomic E-state index is 0.590. The molecule has 0 N–H and O–H groups in total. The zero-order valence-corrected chi connectivity index (χ0v) is 10.7. The van der Waals surface area contributed by atoms with E-state index in [1.54, 1.807) is 6.08 Å². The molecule has 0 spiro atoms. The molecule has 18 heavy (non-hydrogen) atoms. The highest BCUT2D eigenvalue weighted by Gasteiger charge is 2.18. The molecule has 3 nitrogen and oxygen atoms in total. The van der Waals surface area contributed by atoms with Crippen molar-refractivity contribution in [2.75, 3.05) is 26.2 Å². The van der Waals surface area contributed by atoms with E-state index in [-0.39, 0.29) is 0 Å². The van der Waals surface area contributed by atoms with E-state index in [4.69, 9.17) is 0 Å². The summed E-state index contributed by atoms with van der Waals surface area (Å²) in [5, 5.41) is 0. The molecule has 0 unspecified atom stereocenters. The first-order chi connectivity index (χ1) is 8.88. The standard InChI is InChI=1S/C15H20N2O/c18-13-16-8-11-17-9-6-15(7-10-17)12-14-4-2-1-3-5-14/h1-5,15H,6-12H2. The van der Waals surface area contributed by atoms with Crippen molar-refractivity contribution in [3.8, 4) is 0 Å². The second kappa shape index (κ2) is 7.10. The monoisotopic (exact) mass is 244 g/mol. The Morgan fingerprint density at radius 3 is 2.61 bits per heavy atom. The highest BCUT2D eigenvalue weighted by atomic mass is 16.1. The SMILES string of the molecule is O=C=NCCN1CCC(Cc2ccccc2)CC1. The lowest BCUT2D eigenvalue weighted by molar-refractivity contribution is 0.188. The van der Waals surface area contributed by atoms with Crippen molar-refractivity contribution in [1.29, 1.82) is 0 Å². The average Bonchev–Trinajstić information content (AvgIpc) is 2.42. The fourth-order valence-electron chi connectivity index (χ4n) is 2.60. The topological polar surface area (TPSA) is 32.7 Å². The van der Waals surface area contributed by atoms with Crippen LogP contribution in [0.3, 0.4) is 0 Å². The third-order valence-corrected chi connectivity index (χ3v) is 3.67. The van der Waals surface area contributed by atoms with Crippen LogP contribution in [0.1, 0.15) is 18.4 Å². The summed E-state index contributed by atoms with van der Waals surface area (Å²) in [4.78, 5) is 16.0. The predicted molar refractivity (Wildman–Crippen MR) is 72.3 cm³/mol. The number of hydrogen-bond donors (Lipinski definition) is 0. The molecule has 0 radical (unpaired) electrons. The van der Waals surface area contributed by atoms with Crippen molar-refractivity contribution in [1.82, 2.24) is 4.90 Å². The summed E-state index contributed by atoms with van der Waals surface area (Å²) in [5.74, 6) is 0.804. The van der Waals surface area contributed by atoms with E-state index in [0.717, 1.165) is 25.6 Å². The van der Waals surface area contributed by atoms with E-state index < -0.39 is 0 Å². The van der Waals surface area contributed by atoms with Gasteiger partial charge in [-0.25, -0.2) is 9.79 Å². The van der Waals surface area contributed by atoms with Gasteiger partial charge in [-0.05, 0) is 43.8 Å². The molecule has 0 atom stereocenters. The fraction of sp³-hybridized carbons (Fsp3) is 0.533. The van der Waals surface area contributed by atoms with Crippen molar-refractivity contribution in [2.45, 2.75) is 19.3 Å². The van der Waals surface area contributed by atoms with Crippen LogP contribution >= 0.6 is 0 Å². The zero-order chi connectivity index (χ0) is 12.6. The lowest BCUT2D eigenvalue weighted by Gasteiger charge is -2.31. The number of hydrogen-bond acceptors (Lipinski definition) is 3. The van der Waals surface area contributed by atoms with Gasteiger partial charge >= 0.3 is 0 Å². The molecule has 1 aliphatic rings. The van der Waals surface area contributed by atoms with Gasteiger partial charge in [0.25, 0.3) is 0 Å². The van der Waals surface area contributed by atoms with Crippen molar-refractivity contribution in [2.24, 2.45) is 10.9 Å².